The van der Waals surface area contributed by atoms with Crippen molar-refractivity contribution in [1.29, 1.82) is 0 Å². The Morgan fingerprint density at radius 2 is 2.29 bits per heavy atom. The Bertz CT molecular complexity index is 465. The van der Waals surface area contributed by atoms with Crippen molar-refractivity contribution in [1.82, 2.24) is 4.98 Å². The lowest BCUT2D eigenvalue weighted by Crippen LogP contribution is -1.87. The molecule has 0 amide bonds. The van der Waals surface area contributed by atoms with E-state index in [2.05, 4.69) is 4.98 Å². The lowest BCUT2D eigenvalue weighted by molar-refractivity contribution is 0.112. The van der Waals surface area contributed by atoms with Crippen LogP contribution < -0.4 is 5.73 Å². The highest BCUT2D eigenvalue weighted by molar-refractivity contribution is 7.12. The summed E-state index contributed by atoms with van der Waals surface area (Å²) in [4.78, 5) is 15.3. The van der Waals surface area contributed by atoms with Crippen LogP contribution in [0.25, 0.3) is 11.3 Å². The molecule has 2 aromatic rings. The van der Waals surface area contributed by atoms with Crippen LogP contribution in [0, 0.1) is 0 Å². The summed E-state index contributed by atoms with van der Waals surface area (Å²) in [6.07, 6.45) is 2.49. The molecular formula is C10H8N2OS. The van der Waals surface area contributed by atoms with Crippen LogP contribution in [0.3, 0.4) is 0 Å². The molecule has 0 bridgehead atoms. The second kappa shape index (κ2) is 3.59. The molecule has 0 atom stereocenters. The number of nitrogens with zero attached hydrogens (tertiary/aromatic N) is 1. The maximum absolute atomic E-state index is 10.5. The van der Waals surface area contributed by atoms with Gasteiger partial charge in [-0.15, -0.1) is 11.3 Å². The van der Waals surface area contributed by atoms with Crippen LogP contribution >= 0.6 is 11.3 Å². The van der Waals surface area contributed by atoms with Gasteiger partial charge < -0.3 is 5.73 Å². The van der Waals surface area contributed by atoms with Gasteiger partial charge in [-0.1, -0.05) is 0 Å². The van der Waals surface area contributed by atoms with Gasteiger partial charge >= 0.3 is 0 Å². The molecule has 14 heavy (non-hydrogen) atoms. The van der Waals surface area contributed by atoms with Crippen molar-refractivity contribution in [2.45, 2.75) is 0 Å². The normalized spacial score (nSPS) is 10.0. The van der Waals surface area contributed by atoms with Crippen LogP contribution in [-0.4, -0.2) is 11.3 Å². The maximum Gasteiger partial charge on any atom is 0.160 e. The number of hydrogen-bond acceptors (Lipinski definition) is 4. The van der Waals surface area contributed by atoms with Gasteiger partial charge in [0.25, 0.3) is 0 Å². The van der Waals surface area contributed by atoms with Crippen LogP contribution in [0.15, 0.2) is 29.8 Å². The van der Waals surface area contributed by atoms with Crippen LogP contribution in [0.1, 0.15) is 9.67 Å². The summed E-state index contributed by atoms with van der Waals surface area (Å²) < 4.78 is 0. The Morgan fingerprint density at radius 3 is 2.93 bits per heavy atom. The van der Waals surface area contributed by atoms with Gasteiger partial charge in [0.2, 0.25) is 0 Å². The van der Waals surface area contributed by atoms with E-state index in [0.29, 0.717) is 10.6 Å². The Balaban J connectivity index is 2.43. The van der Waals surface area contributed by atoms with Crippen molar-refractivity contribution in [2.24, 2.45) is 0 Å². The topological polar surface area (TPSA) is 56.0 Å². The average molecular weight is 204 g/mol. The Hall–Kier alpha value is -1.68. The number of nitrogens with two attached hydrogens (primary N) is 1. The summed E-state index contributed by atoms with van der Waals surface area (Å²) in [5.41, 5.74) is 8.04. The van der Waals surface area contributed by atoms with Gasteiger partial charge in [0, 0.05) is 22.8 Å². The number of aldehydes is 1. The fourth-order valence-electron chi connectivity index (χ4n) is 1.15. The zero-order valence-corrected chi connectivity index (χ0v) is 8.12. The molecule has 0 radical (unpaired) electrons. The highest BCUT2D eigenvalue weighted by Gasteiger charge is 2.02. The van der Waals surface area contributed by atoms with E-state index in [1.54, 1.807) is 24.4 Å². The number of carbonyl (C=O) groups is 1. The highest BCUT2D eigenvalue weighted by atomic mass is 32.1. The smallest absolute Gasteiger partial charge is 0.160 e. The number of aromatic nitrogens is 1. The van der Waals surface area contributed by atoms with Crippen molar-refractivity contribution in [2.75, 3.05) is 5.73 Å². The quantitative estimate of drug-likeness (QED) is 0.763. The minimum Gasteiger partial charge on any atom is -0.399 e. The summed E-state index contributed by atoms with van der Waals surface area (Å²) in [5.74, 6) is 0. The number of rotatable bonds is 2. The Morgan fingerprint density at radius 1 is 1.43 bits per heavy atom. The van der Waals surface area contributed by atoms with Crippen molar-refractivity contribution in [3.8, 4) is 11.3 Å². The first-order valence-electron chi connectivity index (χ1n) is 4.05. The third kappa shape index (κ3) is 1.65. The predicted molar refractivity (Wildman–Crippen MR) is 57.3 cm³/mol. The van der Waals surface area contributed by atoms with Crippen LogP contribution in [-0.2, 0) is 0 Å². The maximum atomic E-state index is 10.5. The number of thiophene rings is 1. The van der Waals surface area contributed by atoms with Crippen molar-refractivity contribution >= 4 is 23.3 Å². The van der Waals surface area contributed by atoms with Gasteiger partial charge in [0.1, 0.15) is 0 Å². The van der Waals surface area contributed by atoms with Crippen molar-refractivity contribution in [3.05, 3.63) is 34.7 Å². The molecule has 0 aromatic carbocycles. The monoisotopic (exact) mass is 204 g/mol. The van der Waals surface area contributed by atoms with Crippen LogP contribution in [0.5, 0.6) is 0 Å². The number of carbonyl (C=O) groups excluding carboxylic acids is 1. The number of hydrogen-bond donors (Lipinski definition) is 1. The molecule has 70 valence electrons. The molecule has 4 heteroatoms. The zero-order chi connectivity index (χ0) is 9.97. The molecule has 0 saturated carbocycles. The number of nitrogen functional groups attached to an aromatic ring is 1. The van der Waals surface area contributed by atoms with Crippen molar-refractivity contribution < 1.29 is 4.79 Å². The first-order chi connectivity index (χ1) is 6.79. The first-order valence-corrected chi connectivity index (χ1v) is 4.93. The van der Waals surface area contributed by atoms with E-state index in [4.69, 9.17) is 5.73 Å². The molecule has 2 N–H and O–H groups in total. The molecule has 0 aliphatic rings. The van der Waals surface area contributed by atoms with Gasteiger partial charge in [-0.05, 0) is 18.2 Å². The zero-order valence-electron chi connectivity index (χ0n) is 7.31. The molecule has 0 spiro atoms. The number of pyridine rings is 1. The molecule has 2 rings (SSSR count). The fourth-order valence-corrected chi connectivity index (χ4v) is 1.86. The SMILES string of the molecule is Nc1ccnc(-c2csc(C=O)c2)c1. The Labute approximate surface area is 85.2 Å². The summed E-state index contributed by atoms with van der Waals surface area (Å²) in [5, 5.41) is 1.89. The minimum absolute atomic E-state index is 0.675. The van der Waals surface area contributed by atoms with Gasteiger partial charge in [-0.25, -0.2) is 0 Å². The molecule has 2 aromatic heterocycles. The molecule has 0 unspecified atom stereocenters. The molecule has 0 aliphatic heterocycles. The second-order valence-electron chi connectivity index (χ2n) is 2.83. The van der Waals surface area contributed by atoms with Gasteiger partial charge in [0.15, 0.2) is 6.29 Å². The lowest BCUT2D eigenvalue weighted by atomic mass is 10.2. The van der Waals surface area contributed by atoms with E-state index < -0.39 is 0 Å². The van der Waals surface area contributed by atoms with E-state index in [9.17, 15) is 4.79 Å². The van der Waals surface area contributed by atoms with Gasteiger partial charge in [-0.3, -0.25) is 9.78 Å². The summed E-state index contributed by atoms with van der Waals surface area (Å²) in [6, 6.07) is 5.33. The summed E-state index contributed by atoms with van der Waals surface area (Å²) in [7, 11) is 0. The molecular weight excluding hydrogens is 196 g/mol. The summed E-state index contributed by atoms with van der Waals surface area (Å²) in [6.45, 7) is 0. The first kappa shape index (κ1) is 8.90. The minimum atomic E-state index is 0.675. The van der Waals surface area contributed by atoms with E-state index >= 15 is 0 Å². The molecule has 0 fully saturated rings. The fraction of sp³-hybridized carbons (Fsp3) is 0. The second-order valence-corrected chi connectivity index (χ2v) is 3.77. The third-order valence-corrected chi connectivity index (χ3v) is 2.67. The van der Waals surface area contributed by atoms with E-state index in [-0.39, 0.29) is 0 Å². The van der Waals surface area contributed by atoms with E-state index in [1.807, 2.05) is 5.38 Å². The standard InChI is InChI=1S/C10H8N2OS/c11-8-1-2-12-10(4-8)7-3-9(5-13)14-6-7/h1-6H,(H2,11,12). The lowest BCUT2D eigenvalue weighted by Gasteiger charge is -1.96. The largest absolute Gasteiger partial charge is 0.399 e. The summed E-state index contributed by atoms with van der Waals surface area (Å²) >= 11 is 1.40. The predicted octanol–water partition coefficient (Wildman–Crippen LogP) is 2.20. The molecule has 0 saturated heterocycles. The molecule has 0 aliphatic carbocycles. The molecule has 2 heterocycles. The van der Waals surface area contributed by atoms with Gasteiger partial charge in [0.05, 0.1) is 10.6 Å². The highest BCUT2D eigenvalue weighted by Crippen LogP contribution is 2.23. The Kier molecular flexibility index (Phi) is 2.28. The third-order valence-electron chi connectivity index (χ3n) is 1.82. The number of anilines is 1. The van der Waals surface area contributed by atoms with E-state index in [1.165, 1.54) is 11.3 Å². The van der Waals surface area contributed by atoms with Crippen LogP contribution in [0.4, 0.5) is 5.69 Å². The van der Waals surface area contributed by atoms with Gasteiger partial charge in [-0.2, -0.15) is 0 Å². The van der Waals surface area contributed by atoms with Crippen LogP contribution in [0.2, 0.25) is 0 Å². The molecule has 3 nitrogen and oxygen atoms in total. The average Bonchev–Trinajstić information content (AvgIpc) is 2.66. The van der Waals surface area contributed by atoms with Crippen molar-refractivity contribution in [3.63, 3.8) is 0 Å². The van der Waals surface area contributed by atoms with E-state index in [0.717, 1.165) is 17.5 Å².